The lowest BCUT2D eigenvalue weighted by Gasteiger charge is -2.22. The molecule has 4 nitrogen and oxygen atoms in total. The minimum absolute atomic E-state index is 0.582. The molecule has 1 aromatic heterocycles. The molecule has 0 amide bonds. The lowest BCUT2D eigenvalue weighted by atomic mass is 9.99. The average molecular weight is 256 g/mol. The van der Waals surface area contributed by atoms with Gasteiger partial charge in [-0.1, -0.05) is 30.3 Å². The molecule has 0 saturated carbocycles. The fourth-order valence-electron chi connectivity index (χ4n) is 2.73. The number of aromatic nitrogens is 3. The predicted octanol–water partition coefficient (Wildman–Crippen LogP) is 1.58. The molecule has 19 heavy (non-hydrogen) atoms. The van der Waals surface area contributed by atoms with Crippen molar-refractivity contribution in [3.63, 3.8) is 0 Å². The number of benzene rings is 1. The van der Waals surface area contributed by atoms with Crippen LogP contribution in [-0.2, 0) is 25.8 Å². The largest absolute Gasteiger partial charge is 0.330 e. The summed E-state index contributed by atoms with van der Waals surface area (Å²) in [5.41, 5.74) is 7.14. The van der Waals surface area contributed by atoms with E-state index in [-0.39, 0.29) is 0 Å². The standard InChI is InChI=1S/C15H20N4/c16-10-13-7-9-15-18-17-14(19(15)11-13)8-6-12-4-2-1-3-5-12/h1-5,13H,6-11,16H2. The highest BCUT2D eigenvalue weighted by molar-refractivity contribution is 5.15. The van der Waals surface area contributed by atoms with Gasteiger partial charge in [-0.05, 0) is 30.9 Å². The molecule has 1 atom stereocenters. The second kappa shape index (κ2) is 5.53. The van der Waals surface area contributed by atoms with Crippen molar-refractivity contribution in [1.82, 2.24) is 14.8 Å². The van der Waals surface area contributed by atoms with E-state index in [1.807, 2.05) is 6.07 Å². The molecule has 2 heterocycles. The maximum Gasteiger partial charge on any atom is 0.133 e. The fourth-order valence-corrected chi connectivity index (χ4v) is 2.73. The van der Waals surface area contributed by atoms with Crippen molar-refractivity contribution < 1.29 is 0 Å². The van der Waals surface area contributed by atoms with Gasteiger partial charge >= 0.3 is 0 Å². The van der Waals surface area contributed by atoms with Gasteiger partial charge in [0.1, 0.15) is 11.6 Å². The topological polar surface area (TPSA) is 56.7 Å². The first-order valence-corrected chi connectivity index (χ1v) is 7.01. The number of fused-ring (bicyclic) bond motifs is 1. The second-order valence-electron chi connectivity index (χ2n) is 5.27. The van der Waals surface area contributed by atoms with Crippen LogP contribution in [0.1, 0.15) is 23.6 Å². The summed E-state index contributed by atoms with van der Waals surface area (Å²) < 4.78 is 2.28. The summed E-state index contributed by atoms with van der Waals surface area (Å²) in [5, 5.41) is 8.66. The van der Waals surface area contributed by atoms with Crippen LogP contribution in [0.2, 0.25) is 0 Å². The summed E-state index contributed by atoms with van der Waals surface area (Å²) in [6.45, 7) is 1.75. The molecule has 3 rings (SSSR count). The Balaban J connectivity index is 1.71. The molecule has 1 aliphatic heterocycles. The number of hydrogen-bond donors (Lipinski definition) is 1. The Hall–Kier alpha value is -1.68. The number of rotatable bonds is 4. The maximum absolute atomic E-state index is 5.79. The highest BCUT2D eigenvalue weighted by Gasteiger charge is 2.21. The first-order valence-electron chi connectivity index (χ1n) is 7.01. The summed E-state index contributed by atoms with van der Waals surface area (Å²) in [7, 11) is 0. The third kappa shape index (κ3) is 2.68. The smallest absolute Gasteiger partial charge is 0.133 e. The summed E-state index contributed by atoms with van der Waals surface area (Å²) in [4.78, 5) is 0. The molecule has 0 aliphatic carbocycles. The number of aryl methyl sites for hydroxylation is 3. The van der Waals surface area contributed by atoms with Gasteiger partial charge in [0.2, 0.25) is 0 Å². The fraction of sp³-hybridized carbons (Fsp3) is 0.467. The van der Waals surface area contributed by atoms with Gasteiger partial charge in [0, 0.05) is 19.4 Å². The first-order chi connectivity index (χ1) is 9.36. The van der Waals surface area contributed by atoms with E-state index in [9.17, 15) is 0 Å². The van der Waals surface area contributed by atoms with Gasteiger partial charge in [0.15, 0.2) is 0 Å². The van der Waals surface area contributed by atoms with Crippen molar-refractivity contribution in [1.29, 1.82) is 0 Å². The minimum atomic E-state index is 0.582. The monoisotopic (exact) mass is 256 g/mol. The van der Waals surface area contributed by atoms with Crippen LogP contribution in [0.25, 0.3) is 0 Å². The Morgan fingerprint density at radius 3 is 2.79 bits per heavy atom. The maximum atomic E-state index is 5.79. The van der Waals surface area contributed by atoms with Crippen LogP contribution in [0.5, 0.6) is 0 Å². The highest BCUT2D eigenvalue weighted by atomic mass is 15.3. The summed E-state index contributed by atoms with van der Waals surface area (Å²) >= 11 is 0. The Bertz CT molecular complexity index is 532. The molecule has 0 saturated heterocycles. The lowest BCUT2D eigenvalue weighted by Crippen LogP contribution is -2.27. The van der Waals surface area contributed by atoms with Crippen molar-refractivity contribution in [2.24, 2.45) is 11.7 Å². The van der Waals surface area contributed by atoms with Gasteiger partial charge in [-0.25, -0.2) is 0 Å². The molecule has 4 heteroatoms. The Morgan fingerprint density at radius 1 is 1.16 bits per heavy atom. The molecule has 0 bridgehead atoms. The third-order valence-electron chi connectivity index (χ3n) is 3.93. The Morgan fingerprint density at radius 2 is 2.00 bits per heavy atom. The number of nitrogens with zero attached hydrogens (tertiary/aromatic N) is 3. The highest BCUT2D eigenvalue weighted by Crippen LogP contribution is 2.19. The van der Waals surface area contributed by atoms with E-state index in [0.717, 1.165) is 50.4 Å². The molecule has 1 aromatic carbocycles. The average Bonchev–Trinajstić information content (AvgIpc) is 2.88. The Labute approximate surface area is 113 Å². The molecule has 2 aromatic rings. The van der Waals surface area contributed by atoms with E-state index in [1.165, 1.54) is 5.56 Å². The van der Waals surface area contributed by atoms with Crippen molar-refractivity contribution in [3.05, 3.63) is 47.5 Å². The van der Waals surface area contributed by atoms with Crippen molar-refractivity contribution >= 4 is 0 Å². The molecule has 100 valence electrons. The molecule has 0 radical (unpaired) electrons. The van der Waals surface area contributed by atoms with E-state index < -0.39 is 0 Å². The molecular formula is C15H20N4. The van der Waals surface area contributed by atoms with Gasteiger partial charge in [0.25, 0.3) is 0 Å². The lowest BCUT2D eigenvalue weighted by molar-refractivity contribution is 0.367. The van der Waals surface area contributed by atoms with E-state index in [1.54, 1.807) is 0 Å². The molecule has 1 aliphatic rings. The minimum Gasteiger partial charge on any atom is -0.330 e. The number of hydrogen-bond acceptors (Lipinski definition) is 3. The zero-order chi connectivity index (χ0) is 13.1. The molecule has 2 N–H and O–H groups in total. The Kier molecular flexibility index (Phi) is 3.60. The van der Waals surface area contributed by atoms with Gasteiger partial charge in [-0.15, -0.1) is 10.2 Å². The normalized spacial score (nSPS) is 18.3. The van der Waals surface area contributed by atoms with E-state index >= 15 is 0 Å². The van der Waals surface area contributed by atoms with Crippen LogP contribution in [0.3, 0.4) is 0 Å². The van der Waals surface area contributed by atoms with Crippen LogP contribution in [0.4, 0.5) is 0 Å². The van der Waals surface area contributed by atoms with Gasteiger partial charge in [0.05, 0.1) is 0 Å². The van der Waals surface area contributed by atoms with Crippen molar-refractivity contribution in [2.45, 2.75) is 32.2 Å². The zero-order valence-electron chi connectivity index (χ0n) is 11.1. The van der Waals surface area contributed by atoms with E-state index in [2.05, 4.69) is 39.0 Å². The zero-order valence-corrected chi connectivity index (χ0v) is 11.1. The molecule has 0 spiro atoms. The van der Waals surface area contributed by atoms with Crippen molar-refractivity contribution in [3.8, 4) is 0 Å². The van der Waals surface area contributed by atoms with Gasteiger partial charge in [-0.3, -0.25) is 0 Å². The van der Waals surface area contributed by atoms with Crippen molar-refractivity contribution in [2.75, 3.05) is 6.54 Å². The van der Waals surface area contributed by atoms with Crippen LogP contribution in [-0.4, -0.2) is 21.3 Å². The summed E-state index contributed by atoms with van der Waals surface area (Å²) in [5.74, 6) is 2.82. The quantitative estimate of drug-likeness (QED) is 0.903. The van der Waals surface area contributed by atoms with Crippen LogP contribution < -0.4 is 5.73 Å². The van der Waals surface area contributed by atoms with Crippen LogP contribution in [0, 0.1) is 5.92 Å². The molecule has 0 fully saturated rings. The second-order valence-corrected chi connectivity index (χ2v) is 5.27. The van der Waals surface area contributed by atoms with E-state index in [4.69, 9.17) is 5.73 Å². The van der Waals surface area contributed by atoms with Crippen LogP contribution in [0.15, 0.2) is 30.3 Å². The van der Waals surface area contributed by atoms with Crippen LogP contribution >= 0.6 is 0 Å². The first kappa shape index (κ1) is 12.4. The summed E-state index contributed by atoms with van der Waals surface area (Å²) in [6, 6.07) is 10.5. The SMILES string of the molecule is NCC1CCc2nnc(CCc3ccccc3)n2C1. The third-order valence-corrected chi connectivity index (χ3v) is 3.93. The van der Waals surface area contributed by atoms with Gasteiger partial charge in [-0.2, -0.15) is 0 Å². The predicted molar refractivity (Wildman–Crippen MR) is 74.7 cm³/mol. The summed E-state index contributed by atoms with van der Waals surface area (Å²) in [6.07, 6.45) is 4.13. The van der Waals surface area contributed by atoms with E-state index in [0.29, 0.717) is 5.92 Å². The molecular weight excluding hydrogens is 236 g/mol. The number of nitrogens with two attached hydrogens (primary N) is 1. The van der Waals surface area contributed by atoms with Gasteiger partial charge < -0.3 is 10.3 Å². The molecule has 1 unspecified atom stereocenters.